The first kappa shape index (κ1) is 40.3. The second kappa shape index (κ2) is 35.5. The molecule has 0 fully saturated rings. The lowest BCUT2D eigenvalue weighted by Gasteiger charge is -2.06. The van der Waals surface area contributed by atoms with Crippen LogP contribution in [0.2, 0.25) is 0 Å². The number of ether oxygens (including phenoxy) is 2. The van der Waals surface area contributed by atoms with E-state index in [1.807, 2.05) is 11.8 Å². The molecular formula is C36H70O4S. The molecule has 0 heterocycles. The smallest absolute Gasteiger partial charge is 0.305 e. The summed E-state index contributed by atoms with van der Waals surface area (Å²) < 4.78 is 10.8. The summed E-state index contributed by atoms with van der Waals surface area (Å²) in [7, 11) is 0. The Morgan fingerprint density at radius 3 is 1.00 bits per heavy atom. The van der Waals surface area contributed by atoms with Crippen molar-refractivity contribution in [2.45, 2.75) is 194 Å². The van der Waals surface area contributed by atoms with E-state index >= 15 is 0 Å². The Kier molecular flexibility index (Phi) is 34.9. The van der Waals surface area contributed by atoms with Crippen LogP contribution in [0.25, 0.3) is 0 Å². The minimum atomic E-state index is -0.0336. The van der Waals surface area contributed by atoms with Crippen molar-refractivity contribution >= 4 is 23.7 Å². The highest BCUT2D eigenvalue weighted by molar-refractivity contribution is 7.99. The van der Waals surface area contributed by atoms with Gasteiger partial charge in [-0.15, -0.1) is 0 Å². The number of carbonyl (C=O) groups excluding carboxylic acids is 2. The zero-order chi connectivity index (χ0) is 29.9. The van der Waals surface area contributed by atoms with Crippen molar-refractivity contribution in [3.63, 3.8) is 0 Å². The number of carbonyl (C=O) groups is 2. The van der Waals surface area contributed by atoms with E-state index < -0.39 is 0 Å². The monoisotopic (exact) mass is 598 g/mol. The Hall–Kier alpha value is -0.710. The molecule has 0 rings (SSSR count). The maximum absolute atomic E-state index is 11.9. The average Bonchev–Trinajstić information content (AvgIpc) is 2.97. The molecule has 5 heteroatoms. The molecule has 0 aromatic carbocycles. The number of unbranched alkanes of at least 4 members (excludes halogenated alkanes) is 22. The number of thioether (sulfide) groups is 1. The van der Waals surface area contributed by atoms with Crippen molar-refractivity contribution in [3.05, 3.63) is 0 Å². The van der Waals surface area contributed by atoms with E-state index in [2.05, 4.69) is 13.8 Å². The minimum absolute atomic E-state index is 0.0336. The molecule has 0 spiro atoms. The predicted molar refractivity (Wildman–Crippen MR) is 180 cm³/mol. The van der Waals surface area contributed by atoms with Gasteiger partial charge in [-0.25, -0.2) is 0 Å². The van der Waals surface area contributed by atoms with Gasteiger partial charge >= 0.3 is 11.9 Å². The fourth-order valence-electron chi connectivity index (χ4n) is 5.10. The van der Waals surface area contributed by atoms with Crippen LogP contribution in [0.3, 0.4) is 0 Å². The van der Waals surface area contributed by atoms with Crippen molar-refractivity contribution in [1.82, 2.24) is 0 Å². The highest BCUT2D eigenvalue weighted by atomic mass is 32.2. The SMILES string of the molecule is CCCCCCCCCCCCCOC(=O)CCCCSCCCCC(=O)OCCCCCCCCCCCCC. The normalized spacial score (nSPS) is 11.2. The molecule has 0 radical (unpaired) electrons. The highest BCUT2D eigenvalue weighted by Gasteiger charge is 2.04. The van der Waals surface area contributed by atoms with Crippen molar-refractivity contribution < 1.29 is 19.1 Å². The molecule has 244 valence electrons. The summed E-state index contributed by atoms with van der Waals surface area (Å²) in [5, 5.41) is 0. The predicted octanol–water partition coefficient (Wildman–Crippen LogP) is 11.8. The molecule has 0 atom stereocenters. The molecule has 0 aliphatic rings. The second-order valence-corrected chi connectivity index (χ2v) is 13.3. The lowest BCUT2D eigenvalue weighted by molar-refractivity contribution is -0.144. The average molecular weight is 599 g/mol. The van der Waals surface area contributed by atoms with E-state index in [0.717, 1.165) is 50.0 Å². The Morgan fingerprint density at radius 2 is 0.683 bits per heavy atom. The zero-order valence-corrected chi connectivity index (χ0v) is 28.5. The molecule has 0 aromatic rings. The fourth-order valence-corrected chi connectivity index (χ4v) is 6.12. The first-order valence-corrected chi connectivity index (χ1v) is 19.2. The van der Waals surface area contributed by atoms with Crippen molar-refractivity contribution in [1.29, 1.82) is 0 Å². The third-order valence-electron chi connectivity index (χ3n) is 7.86. The molecule has 0 aliphatic heterocycles. The van der Waals surface area contributed by atoms with E-state index in [-0.39, 0.29) is 11.9 Å². The summed E-state index contributed by atoms with van der Waals surface area (Å²) in [4.78, 5) is 23.8. The summed E-state index contributed by atoms with van der Waals surface area (Å²) in [6.45, 7) is 5.71. The van der Waals surface area contributed by atoms with E-state index in [1.165, 1.54) is 128 Å². The molecule has 0 N–H and O–H groups in total. The number of hydrogen-bond acceptors (Lipinski definition) is 5. The van der Waals surface area contributed by atoms with E-state index in [9.17, 15) is 9.59 Å². The van der Waals surface area contributed by atoms with Gasteiger partial charge in [0.05, 0.1) is 13.2 Å². The molecular weight excluding hydrogens is 528 g/mol. The standard InChI is InChI=1S/C36H70O4S/c1-3-5-7-9-11-13-15-17-19-21-25-31-39-35(37)29-23-27-33-41-34-28-24-30-36(38)40-32-26-22-20-18-16-14-12-10-8-6-4-2/h3-34H2,1-2H3. The molecule has 0 saturated carbocycles. The van der Waals surface area contributed by atoms with Gasteiger partial charge in [0, 0.05) is 12.8 Å². The first-order valence-electron chi connectivity index (χ1n) is 18.1. The van der Waals surface area contributed by atoms with Crippen molar-refractivity contribution in [3.8, 4) is 0 Å². The van der Waals surface area contributed by atoms with Crippen LogP contribution in [0.4, 0.5) is 0 Å². The zero-order valence-electron chi connectivity index (χ0n) is 27.7. The molecule has 0 bridgehead atoms. The van der Waals surface area contributed by atoms with Crippen LogP contribution < -0.4 is 0 Å². The van der Waals surface area contributed by atoms with Crippen LogP contribution >= 0.6 is 11.8 Å². The third-order valence-corrected chi connectivity index (χ3v) is 9.02. The van der Waals surface area contributed by atoms with Gasteiger partial charge in [-0.2, -0.15) is 11.8 Å². The Labute approximate surface area is 260 Å². The maximum atomic E-state index is 11.9. The largest absolute Gasteiger partial charge is 0.466 e. The van der Waals surface area contributed by atoms with Gasteiger partial charge in [0.1, 0.15) is 0 Å². The van der Waals surface area contributed by atoms with Crippen LogP contribution in [0.5, 0.6) is 0 Å². The molecule has 0 unspecified atom stereocenters. The second-order valence-electron chi connectivity index (χ2n) is 12.0. The quantitative estimate of drug-likeness (QED) is 0.0544. The summed E-state index contributed by atoms with van der Waals surface area (Å²) in [6, 6.07) is 0. The van der Waals surface area contributed by atoms with Gasteiger partial charge in [-0.3, -0.25) is 9.59 Å². The van der Waals surface area contributed by atoms with Gasteiger partial charge in [-0.05, 0) is 50.0 Å². The van der Waals surface area contributed by atoms with Crippen molar-refractivity contribution in [2.24, 2.45) is 0 Å². The van der Waals surface area contributed by atoms with Crippen LogP contribution in [0.1, 0.15) is 194 Å². The lowest BCUT2D eigenvalue weighted by Crippen LogP contribution is -2.06. The maximum Gasteiger partial charge on any atom is 0.305 e. The Balaban J connectivity index is 3.24. The van der Waals surface area contributed by atoms with Gasteiger partial charge in [0.2, 0.25) is 0 Å². The van der Waals surface area contributed by atoms with Gasteiger partial charge in [0.15, 0.2) is 0 Å². The topological polar surface area (TPSA) is 52.6 Å². The number of rotatable bonds is 34. The summed E-state index contributed by atoms with van der Waals surface area (Å²) in [5.74, 6) is 2.09. The summed E-state index contributed by atoms with van der Waals surface area (Å²) >= 11 is 1.93. The summed E-state index contributed by atoms with van der Waals surface area (Å²) in [6.07, 6.45) is 33.9. The fraction of sp³-hybridized carbons (Fsp3) is 0.944. The molecule has 0 amide bonds. The molecule has 0 saturated heterocycles. The van der Waals surface area contributed by atoms with E-state index in [4.69, 9.17) is 9.47 Å². The highest BCUT2D eigenvalue weighted by Crippen LogP contribution is 2.14. The van der Waals surface area contributed by atoms with E-state index in [1.54, 1.807) is 0 Å². The van der Waals surface area contributed by atoms with Crippen LogP contribution in [-0.2, 0) is 19.1 Å². The van der Waals surface area contributed by atoms with Crippen LogP contribution in [0.15, 0.2) is 0 Å². The molecule has 4 nitrogen and oxygen atoms in total. The van der Waals surface area contributed by atoms with Gasteiger partial charge in [-0.1, -0.05) is 142 Å². The minimum Gasteiger partial charge on any atom is -0.466 e. The number of hydrogen-bond donors (Lipinski definition) is 0. The van der Waals surface area contributed by atoms with Crippen LogP contribution in [-0.4, -0.2) is 36.7 Å². The Morgan fingerprint density at radius 1 is 0.390 bits per heavy atom. The Bertz CT molecular complexity index is 494. The van der Waals surface area contributed by atoms with Crippen LogP contribution in [0, 0.1) is 0 Å². The molecule has 0 aliphatic carbocycles. The third kappa shape index (κ3) is 35.4. The first-order chi connectivity index (χ1) is 20.2. The number of esters is 2. The van der Waals surface area contributed by atoms with E-state index in [0.29, 0.717) is 26.1 Å². The van der Waals surface area contributed by atoms with Gasteiger partial charge in [0.25, 0.3) is 0 Å². The van der Waals surface area contributed by atoms with Crippen molar-refractivity contribution in [2.75, 3.05) is 24.7 Å². The van der Waals surface area contributed by atoms with Gasteiger partial charge < -0.3 is 9.47 Å². The summed E-state index contributed by atoms with van der Waals surface area (Å²) in [5.41, 5.74) is 0. The molecule has 0 aromatic heterocycles. The lowest BCUT2D eigenvalue weighted by atomic mass is 10.1. The molecule has 41 heavy (non-hydrogen) atoms.